The van der Waals surface area contributed by atoms with Crippen molar-refractivity contribution in [1.82, 2.24) is 19.9 Å². The fourth-order valence-electron chi connectivity index (χ4n) is 6.74. The second kappa shape index (κ2) is 11.1. The number of benzene rings is 1. The Bertz CT molecular complexity index is 1560. The average Bonchev–Trinajstić information content (AvgIpc) is 3.44. The number of pyridine rings is 2. The van der Waals surface area contributed by atoms with Crippen LogP contribution < -0.4 is 15.1 Å². The quantitative estimate of drug-likeness (QED) is 0.245. The van der Waals surface area contributed by atoms with Gasteiger partial charge in [0.2, 0.25) is 0 Å². The minimum absolute atomic E-state index is 0.125. The number of anilines is 2. The summed E-state index contributed by atoms with van der Waals surface area (Å²) in [5.74, 6) is 2.20. The van der Waals surface area contributed by atoms with E-state index in [-0.39, 0.29) is 12.1 Å². The number of hydrogen-bond donors (Lipinski definition) is 1. The molecular weight excluding hydrogens is 548 g/mol. The summed E-state index contributed by atoms with van der Waals surface area (Å²) in [6.45, 7) is 13.0. The van der Waals surface area contributed by atoms with E-state index in [1.54, 1.807) is 0 Å². The lowest BCUT2D eigenvalue weighted by Gasteiger charge is -2.37. The molecule has 1 aromatic carbocycles. The SMILES string of the molecule is Cc1ccc(-n2c(C)cc([C@@H]3[C@H](c4ccccn4)NC(=S)N3c3ccc(N4C[C@H](C)C[C@@H](C)C4)c(Cl)c3)c2C)nc1. The van der Waals surface area contributed by atoms with Crippen LogP contribution in [0, 0.1) is 32.6 Å². The molecule has 1 N–H and O–H groups in total. The van der Waals surface area contributed by atoms with Gasteiger partial charge in [-0.3, -0.25) is 4.98 Å². The van der Waals surface area contributed by atoms with E-state index in [0.29, 0.717) is 16.9 Å². The van der Waals surface area contributed by atoms with Crippen molar-refractivity contribution in [2.24, 2.45) is 11.8 Å². The maximum atomic E-state index is 7.03. The molecule has 8 heteroatoms. The van der Waals surface area contributed by atoms with Crippen molar-refractivity contribution in [2.75, 3.05) is 22.9 Å². The van der Waals surface area contributed by atoms with Crippen LogP contribution in [0.1, 0.15) is 60.6 Å². The molecule has 0 aliphatic carbocycles. The molecule has 0 bridgehead atoms. The molecule has 4 aromatic rings. The summed E-state index contributed by atoms with van der Waals surface area (Å²) in [7, 11) is 0. The molecular formula is C33H37ClN6S. The van der Waals surface area contributed by atoms with Crippen LogP contribution in [0.2, 0.25) is 5.02 Å². The Morgan fingerprint density at radius 3 is 2.39 bits per heavy atom. The second-order valence-corrected chi connectivity index (χ2v) is 12.6. The van der Waals surface area contributed by atoms with E-state index in [2.05, 4.69) is 96.8 Å². The van der Waals surface area contributed by atoms with Crippen LogP contribution in [-0.4, -0.2) is 32.7 Å². The van der Waals surface area contributed by atoms with Gasteiger partial charge in [-0.25, -0.2) is 4.98 Å². The van der Waals surface area contributed by atoms with Crippen LogP contribution >= 0.6 is 23.8 Å². The molecule has 2 fully saturated rings. The highest BCUT2D eigenvalue weighted by Gasteiger charge is 2.42. The molecule has 5 heterocycles. The maximum Gasteiger partial charge on any atom is 0.174 e. The molecule has 2 aliphatic heterocycles. The zero-order valence-corrected chi connectivity index (χ0v) is 25.9. The standard InChI is InChI=1S/C33H37ClN6S/c1-20-9-12-30(36-17-20)39-23(4)15-26(24(39)5)32-31(28-8-6-7-13-35-28)37-33(41)40(32)25-10-11-29(27(34)16-25)38-18-21(2)14-22(3)19-38/h6-13,15-17,21-22,31-32H,14,18-19H2,1-5H3,(H,37,41)/t21-,22-,31+,32-/m1/s1. The predicted octanol–water partition coefficient (Wildman–Crippen LogP) is 7.51. The van der Waals surface area contributed by atoms with Gasteiger partial charge in [-0.1, -0.05) is 37.6 Å². The van der Waals surface area contributed by atoms with Crippen LogP contribution in [0.15, 0.2) is 67.0 Å². The average molecular weight is 585 g/mol. The van der Waals surface area contributed by atoms with Crippen molar-refractivity contribution < 1.29 is 0 Å². The van der Waals surface area contributed by atoms with Gasteiger partial charge < -0.3 is 19.7 Å². The molecule has 0 amide bonds. The lowest BCUT2D eigenvalue weighted by molar-refractivity contribution is 0.357. The Morgan fingerprint density at radius 1 is 0.951 bits per heavy atom. The summed E-state index contributed by atoms with van der Waals surface area (Å²) < 4.78 is 2.22. The highest BCUT2D eigenvalue weighted by Crippen LogP contribution is 2.45. The van der Waals surface area contributed by atoms with Crippen LogP contribution in [0.5, 0.6) is 0 Å². The van der Waals surface area contributed by atoms with Crippen molar-refractivity contribution in [1.29, 1.82) is 0 Å². The maximum absolute atomic E-state index is 7.03. The summed E-state index contributed by atoms with van der Waals surface area (Å²) in [6, 6.07) is 18.6. The Kier molecular flexibility index (Phi) is 7.51. The second-order valence-electron chi connectivity index (χ2n) is 11.8. The Balaban J connectivity index is 1.44. The van der Waals surface area contributed by atoms with Gasteiger partial charge in [-0.15, -0.1) is 0 Å². The zero-order chi connectivity index (χ0) is 28.8. The minimum Gasteiger partial charge on any atom is -0.370 e. The first-order chi connectivity index (χ1) is 19.7. The highest BCUT2D eigenvalue weighted by atomic mass is 35.5. The van der Waals surface area contributed by atoms with E-state index in [1.165, 1.54) is 12.0 Å². The van der Waals surface area contributed by atoms with Gasteiger partial charge in [-0.2, -0.15) is 0 Å². The van der Waals surface area contributed by atoms with Crippen molar-refractivity contribution in [2.45, 2.75) is 53.1 Å². The number of nitrogens with one attached hydrogen (secondary N) is 1. The summed E-state index contributed by atoms with van der Waals surface area (Å²) in [5, 5.41) is 5.01. The lowest BCUT2D eigenvalue weighted by atomic mass is 9.91. The van der Waals surface area contributed by atoms with E-state index in [1.807, 2.05) is 24.5 Å². The number of halogens is 1. The van der Waals surface area contributed by atoms with Crippen LogP contribution in [0.25, 0.3) is 5.82 Å². The van der Waals surface area contributed by atoms with E-state index in [9.17, 15) is 0 Å². The molecule has 0 saturated carbocycles. The topological polar surface area (TPSA) is 49.2 Å². The first-order valence-electron chi connectivity index (χ1n) is 14.4. The van der Waals surface area contributed by atoms with Crippen molar-refractivity contribution in [3.05, 3.63) is 100 Å². The van der Waals surface area contributed by atoms with Crippen molar-refractivity contribution in [3.63, 3.8) is 0 Å². The van der Waals surface area contributed by atoms with Gasteiger partial charge in [-0.05, 0) is 105 Å². The van der Waals surface area contributed by atoms with Gasteiger partial charge in [0.1, 0.15) is 5.82 Å². The number of aromatic nitrogens is 3. The Morgan fingerprint density at radius 2 is 1.73 bits per heavy atom. The third-order valence-corrected chi connectivity index (χ3v) is 9.05. The number of rotatable bonds is 5. The molecule has 212 valence electrons. The molecule has 6 rings (SSSR count). The first-order valence-corrected chi connectivity index (χ1v) is 15.2. The number of nitrogens with zero attached hydrogens (tertiary/aromatic N) is 5. The van der Waals surface area contributed by atoms with Gasteiger partial charge >= 0.3 is 0 Å². The lowest BCUT2D eigenvalue weighted by Crippen LogP contribution is -2.38. The van der Waals surface area contributed by atoms with E-state index in [0.717, 1.165) is 58.0 Å². The summed E-state index contributed by atoms with van der Waals surface area (Å²) in [5.41, 5.74) is 7.56. The van der Waals surface area contributed by atoms with Gasteiger partial charge in [0.15, 0.2) is 5.11 Å². The third-order valence-electron chi connectivity index (χ3n) is 8.43. The third kappa shape index (κ3) is 5.22. The van der Waals surface area contributed by atoms with Gasteiger partial charge in [0.25, 0.3) is 0 Å². The van der Waals surface area contributed by atoms with Crippen molar-refractivity contribution >= 4 is 40.3 Å². The predicted molar refractivity (Wildman–Crippen MR) is 172 cm³/mol. The van der Waals surface area contributed by atoms with Gasteiger partial charge in [0.05, 0.1) is 28.5 Å². The zero-order valence-electron chi connectivity index (χ0n) is 24.3. The molecule has 6 nitrogen and oxygen atoms in total. The Hall–Kier alpha value is -3.42. The number of piperidine rings is 1. The summed E-state index contributed by atoms with van der Waals surface area (Å²) in [6.07, 6.45) is 5.01. The fourth-order valence-corrected chi connectivity index (χ4v) is 7.38. The molecule has 4 atom stereocenters. The number of aryl methyl sites for hydroxylation is 2. The summed E-state index contributed by atoms with van der Waals surface area (Å²) >= 11 is 13.0. The van der Waals surface area contributed by atoms with Crippen LogP contribution in [0.3, 0.4) is 0 Å². The molecule has 0 unspecified atom stereocenters. The highest BCUT2D eigenvalue weighted by molar-refractivity contribution is 7.80. The Labute approximate surface area is 253 Å². The number of hydrogen-bond acceptors (Lipinski definition) is 4. The normalized spacial score (nSPS) is 22.7. The van der Waals surface area contributed by atoms with Crippen molar-refractivity contribution in [3.8, 4) is 5.82 Å². The fraction of sp³-hybridized carbons (Fsp3) is 0.364. The largest absolute Gasteiger partial charge is 0.370 e. The molecule has 2 aliphatic rings. The van der Waals surface area contributed by atoms with Gasteiger partial charge in [0, 0.05) is 42.6 Å². The first kappa shape index (κ1) is 27.7. The minimum atomic E-state index is -0.133. The smallest absolute Gasteiger partial charge is 0.174 e. The number of thiocarbonyl (C=S) groups is 1. The molecule has 2 saturated heterocycles. The molecule has 3 aromatic heterocycles. The molecule has 0 radical (unpaired) electrons. The monoisotopic (exact) mass is 584 g/mol. The summed E-state index contributed by atoms with van der Waals surface area (Å²) in [4.78, 5) is 14.1. The van der Waals surface area contributed by atoms with Crippen LogP contribution in [-0.2, 0) is 0 Å². The van der Waals surface area contributed by atoms with E-state index >= 15 is 0 Å². The van der Waals surface area contributed by atoms with Crippen LogP contribution in [0.4, 0.5) is 11.4 Å². The van der Waals surface area contributed by atoms with E-state index < -0.39 is 0 Å². The molecule has 41 heavy (non-hydrogen) atoms. The molecule has 0 spiro atoms. The van der Waals surface area contributed by atoms with E-state index in [4.69, 9.17) is 33.8 Å².